The number of carboxylic acid groups (broad SMARTS) is 1. The highest BCUT2D eigenvalue weighted by molar-refractivity contribution is 5.81. The highest BCUT2D eigenvalue weighted by Gasteiger charge is 2.38. The number of rotatable bonds is 1. The van der Waals surface area contributed by atoms with Crippen molar-refractivity contribution < 1.29 is 14.6 Å². The molecule has 0 aromatic heterocycles. The van der Waals surface area contributed by atoms with E-state index >= 15 is 0 Å². The monoisotopic (exact) mass is 262 g/mol. The molecular formula is C14H18N2O3. The number of benzene rings is 1. The van der Waals surface area contributed by atoms with Gasteiger partial charge in [0.1, 0.15) is 11.3 Å². The number of carbonyl (C=O) groups is 1. The van der Waals surface area contributed by atoms with Crippen molar-refractivity contribution in [1.29, 1.82) is 0 Å². The molecule has 5 heteroatoms. The molecule has 2 heterocycles. The predicted octanol–water partition coefficient (Wildman–Crippen LogP) is 0.786. The lowest BCUT2D eigenvalue weighted by atomic mass is 9.89. The SMILES string of the molecule is CN1CCC(N)(C(=O)O)Cc2ccc3c(c21)OCC3. The summed E-state index contributed by atoms with van der Waals surface area (Å²) in [4.78, 5) is 13.5. The molecule has 0 fully saturated rings. The number of carboxylic acids is 1. The number of fused-ring (bicyclic) bond motifs is 3. The molecule has 1 unspecified atom stereocenters. The number of hydrogen-bond acceptors (Lipinski definition) is 4. The lowest BCUT2D eigenvalue weighted by Gasteiger charge is -2.22. The third-order valence-electron chi connectivity index (χ3n) is 4.12. The Bertz CT molecular complexity index is 544. The summed E-state index contributed by atoms with van der Waals surface area (Å²) in [6.45, 7) is 1.32. The van der Waals surface area contributed by atoms with Gasteiger partial charge in [0.15, 0.2) is 0 Å². The molecule has 0 radical (unpaired) electrons. The molecule has 0 spiro atoms. The predicted molar refractivity (Wildman–Crippen MR) is 71.8 cm³/mol. The van der Waals surface area contributed by atoms with Gasteiger partial charge in [0.2, 0.25) is 0 Å². The fourth-order valence-corrected chi connectivity index (χ4v) is 2.93. The van der Waals surface area contributed by atoms with E-state index in [4.69, 9.17) is 10.5 Å². The Hall–Kier alpha value is -1.75. The Morgan fingerprint density at radius 3 is 2.95 bits per heavy atom. The van der Waals surface area contributed by atoms with E-state index in [-0.39, 0.29) is 0 Å². The van der Waals surface area contributed by atoms with Crippen LogP contribution in [-0.2, 0) is 17.6 Å². The first-order chi connectivity index (χ1) is 9.01. The summed E-state index contributed by atoms with van der Waals surface area (Å²) in [5.41, 5.74) is 8.05. The first kappa shape index (κ1) is 12.3. The lowest BCUT2D eigenvalue weighted by Crippen LogP contribution is -2.50. The molecule has 0 saturated heterocycles. The minimum Gasteiger partial charge on any atom is -0.491 e. The van der Waals surface area contributed by atoms with Crippen LogP contribution in [0.15, 0.2) is 12.1 Å². The summed E-state index contributed by atoms with van der Waals surface area (Å²) in [7, 11) is 1.97. The summed E-state index contributed by atoms with van der Waals surface area (Å²) in [5.74, 6) is -0.0233. The first-order valence-corrected chi connectivity index (χ1v) is 6.52. The van der Waals surface area contributed by atoms with E-state index in [1.165, 1.54) is 5.56 Å². The van der Waals surface area contributed by atoms with Crippen molar-refractivity contribution in [3.05, 3.63) is 23.3 Å². The molecule has 2 aliphatic heterocycles. The Balaban J connectivity index is 2.10. The van der Waals surface area contributed by atoms with E-state index in [9.17, 15) is 9.90 Å². The van der Waals surface area contributed by atoms with E-state index in [1.807, 2.05) is 19.2 Å². The molecule has 0 aliphatic carbocycles. The molecule has 3 rings (SSSR count). The zero-order chi connectivity index (χ0) is 13.6. The summed E-state index contributed by atoms with van der Waals surface area (Å²) < 4.78 is 5.72. The standard InChI is InChI=1S/C14H18N2O3/c1-16-6-5-14(15,13(17)18)8-10-3-2-9-4-7-19-12(9)11(10)16/h2-3H,4-8,15H2,1H3,(H,17,18). The minimum absolute atomic E-state index is 0.346. The van der Waals surface area contributed by atoms with E-state index in [1.54, 1.807) is 0 Å². The van der Waals surface area contributed by atoms with Crippen LogP contribution >= 0.6 is 0 Å². The van der Waals surface area contributed by atoms with Crippen molar-refractivity contribution in [2.24, 2.45) is 5.73 Å². The van der Waals surface area contributed by atoms with Gasteiger partial charge in [-0.1, -0.05) is 12.1 Å². The van der Waals surface area contributed by atoms with Crippen LogP contribution < -0.4 is 15.4 Å². The molecule has 19 heavy (non-hydrogen) atoms. The van der Waals surface area contributed by atoms with E-state index in [0.29, 0.717) is 26.0 Å². The van der Waals surface area contributed by atoms with Gasteiger partial charge in [0, 0.05) is 26.4 Å². The Morgan fingerprint density at radius 1 is 1.47 bits per heavy atom. The fourth-order valence-electron chi connectivity index (χ4n) is 2.93. The molecular weight excluding hydrogens is 244 g/mol. The van der Waals surface area contributed by atoms with Crippen LogP contribution in [0.2, 0.25) is 0 Å². The van der Waals surface area contributed by atoms with Crippen LogP contribution in [0, 0.1) is 0 Å². The van der Waals surface area contributed by atoms with Crippen molar-refractivity contribution in [2.75, 3.05) is 25.1 Å². The summed E-state index contributed by atoms with van der Waals surface area (Å²) in [5, 5.41) is 9.35. The largest absolute Gasteiger partial charge is 0.491 e. The topological polar surface area (TPSA) is 75.8 Å². The van der Waals surface area contributed by atoms with Gasteiger partial charge < -0.3 is 20.5 Å². The average Bonchev–Trinajstić information content (AvgIpc) is 2.78. The van der Waals surface area contributed by atoms with Crippen LogP contribution in [0.4, 0.5) is 5.69 Å². The van der Waals surface area contributed by atoms with Crippen molar-refractivity contribution in [3.8, 4) is 5.75 Å². The second-order valence-corrected chi connectivity index (χ2v) is 5.47. The van der Waals surface area contributed by atoms with Gasteiger partial charge in [-0.2, -0.15) is 0 Å². The Kier molecular flexibility index (Phi) is 2.67. The lowest BCUT2D eigenvalue weighted by molar-refractivity contribution is -0.143. The van der Waals surface area contributed by atoms with Gasteiger partial charge in [-0.15, -0.1) is 0 Å². The van der Waals surface area contributed by atoms with Gasteiger partial charge in [0.05, 0.1) is 12.3 Å². The zero-order valence-electron chi connectivity index (χ0n) is 11.0. The van der Waals surface area contributed by atoms with Crippen LogP contribution in [0.5, 0.6) is 5.75 Å². The molecule has 3 N–H and O–H groups in total. The smallest absolute Gasteiger partial charge is 0.324 e. The van der Waals surface area contributed by atoms with E-state index < -0.39 is 11.5 Å². The molecule has 0 amide bonds. The van der Waals surface area contributed by atoms with Crippen LogP contribution in [0.1, 0.15) is 17.5 Å². The quantitative estimate of drug-likeness (QED) is 0.782. The molecule has 102 valence electrons. The molecule has 5 nitrogen and oxygen atoms in total. The van der Waals surface area contributed by atoms with Gasteiger partial charge in [-0.25, -0.2) is 0 Å². The third-order valence-corrected chi connectivity index (χ3v) is 4.12. The van der Waals surface area contributed by atoms with Crippen molar-refractivity contribution in [3.63, 3.8) is 0 Å². The van der Waals surface area contributed by atoms with Gasteiger partial charge in [-0.3, -0.25) is 4.79 Å². The number of hydrogen-bond donors (Lipinski definition) is 2. The normalized spacial score (nSPS) is 25.3. The van der Waals surface area contributed by atoms with E-state index in [0.717, 1.165) is 23.4 Å². The number of anilines is 1. The van der Waals surface area contributed by atoms with Gasteiger partial charge in [0.25, 0.3) is 0 Å². The Labute approximate surface area is 112 Å². The second-order valence-electron chi connectivity index (χ2n) is 5.47. The molecule has 2 aliphatic rings. The molecule has 1 aromatic carbocycles. The summed E-state index contributed by atoms with van der Waals surface area (Å²) in [6.07, 6.45) is 1.70. The number of ether oxygens (including phenoxy) is 1. The van der Waals surface area contributed by atoms with Crippen LogP contribution in [-0.4, -0.2) is 36.8 Å². The fraction of sp³-hybridized carbons (Fsp3) is 0.500. The van der Waals surface area contributed by atoms with Crippen LogP contribution in [0.25, 0.3) is 0 Å². The number of nitrogens with two attached hydrogens (primary N) is 1. The maximum absolute atomic E-state index is 11.4. The molecule has 0 bridgehead atoms. The average molecular weight is 262 g/mol. The molecule has 1 atom stereocenters. The maximum atomic E-state index is 11.4. The number of nitrogens with zero attached hydrogens (tertiary/aromatic N) is 1. The van der Waals surface area contributed by atoms with E-state index in [2.05, 4.69) is 4.90 Å². The number of aliphatic carboxylic acids is 1. The zero-order valence-corrected chi connectivity index (χ0v) is 11.0. The molecule has 0 saturated carbocycles. The maximum Gasteiger partial charge on any atom is 0.324 e. The Morgan fingerprint density at radius 2 is 2.21 bits per heavy atom. The van der Waals surface area contributed by atoms with Gasteiger partial charge >= 0.3 is 5.97 Å². The summed E-state index contributed by atoms with van der Waals surface area (Å²) >= 11 is 0. The minimum atomic E-state index is -1.19. The first-order valence-electron chi connectivity index (χ1n) is 6.52. The van der Waals surface area contributed by atoms with Gasteiger partial charge in [-0.05, 0) is 17.5 Å². The highest BCUT2D eigenvalue weighted by Crippen LogP contribution is 2.41. The molecule has 1 aromatic rings. The third kappa shape index (κ3) is 1.85. The summed E-state index contributed by atoms with van der Waals surface area (Å²) in [6, 6.07) is 4.03. The van der Waals surface area contributed by atoms with Crippen LogP contribution in [0.3, 0.4) is 0 Å². The van der Waals surface area contributed by atoms with Crippen molar-refractivity contribution >= 4 is 11.7 Å². The second kappa shape index (κ2) is 4.13. The highest BCUT2D eigenvalue weighted by atomic mass is 16.5. The van der Waals surface area contributed by atoms with Crippen molar-refractivity contribution in [1.82, 2.24) is 0 Å². The van der Waals surface area contributed by atoms with Crippen molar-refractivity contribution in [2.45, 2.75) is 24.8 Å².